The van der Waals surface area contributed by atoms with Crippen LogP contribution in [0, 0.1) is 11.3 Å². The lowest BCUT2D eigenvalue weighted by atomic mass is 9.89. The van der Waals surface area contributed by atoms with Crippen molar-refractivity contribution in [3.63, 3.8) is 0 Å². The Kier molecular flexibility index (Phi) is 5.21. The van der Waals surface area contributed by atoms with E-state index >= 15 is 0 Å². The molecule has 1 aromatic carbocycles. The molecule has 1 aliphatic heterocycles. The molecule has 4 heteroatoms. The summed E-state index contributed by atoms with van der Waals surface area (Å²) in [5.41, 5.74) is 2.16. The molecule has 2 atom stereocenters. The van der Waals surface area contributed by atoms with Gasteiger partial charge in [0, 0.05) is 6.42 Å². The Hall–Kier alpha value is -2.02. The van der Waals surface area contributed by atoms with E-state index in [0.29, 0.717) is 19.3 Å². The zero-order valence-corrected chi connectivity index (χ0v) is 12.6. The van der Waals surface area contributed by atoms with Gasteiger partial charge in [0.2, 0.25) is 0 Å². The molecule has 0 aromatic heterocycles. The second-order valence-corrected chi connectivity index (χ2v) is 5.48. The van der Waals surface area contributed by atoms with Gasteiger partial charge >= 0.3 is 5.97 Å². The quantitative estimate of drug-likeness (QED) is 0.743. The third-order valence-corrected chi connectivity index (χ3v) is 3.91. The number of benzene rings is 1. The summed E-state index contributed by atoms with van der Waals surface area (Å²) in [5.74, 6) is 0.437. The number of cyclic esters (lactones) is 1. The molecule has 0 saturated carbocycles. The van der Waals surface area contributed by atoms with Crippen molar-refractivity contribution in [2.24, 2.45) is 0 Å². The maximum absolute atomic E-state index is 11.7. The lowest BCUT2D eigenvalue weighted by Crippen LogP contribution is -2.15. The fourth-order valence-electron chi connectivity index (χ4n) is 2.71. The van der Waals surface area contributed by atoms with Gasteiger partial charge in [0.1, 0.15) is 5.75 Å². The SMILES string of the molecule is COc1ccc2c(c1)C(C#N)CCC(C)OC(=O)CCC2. The van der Waals surface area contributed by atoms with Crippen LogP contribution < -0.4 is 4.74 Å². The lowest BCUT2D eigenvalue weighted by Gasteiger charge is -2.17. The molecule has 1 aromatic rings. The second-order valence-electron chi connectivity index (χ2n) is 5.48. The first-order valence-corrected chi connectivity index (χ1v) is 7.40. The third-order valence-electron chi connectivity index (χ3n) is 3.91. The molecule has 0 bridgehead atoms. The molecular weight excluding hydrogens is 266 g/mol. The largest absolute Gasteiger partial charge is 0.497 e. The number of nitrogens with zero attached hydrogens (tertiary/aromatic N) is 1. The van der Waals surface area contributed by atoms with Crippen molar-refractivity contribution in [1.82, 2.24) is 0 Å². The maximum Gasteiger partial charge on any atom is 0.306 e. The predicted octanol–water partition coefficient (Wildman–Crippen LogP) is 3.35. The molecule has 1 heterocycles. The Bertz CT molecular complexity index is 547. The van der Waals surface area contributed by atoms with Crippen LogP contribution in [0.3, 0.4) is 0 Å². The van der Waals surface area contributed by atoms with E-state index in [1.165, 1.54) is 0 Å². The van der Waals surface area contributed by atoms with Gasteiger partial charge in [0.15, 0.2) is 0 Å². The summed E-state index contributed by atoms with van der Waals surface area (Å²) >= 11 is 0. The average Bonchev–Trinajstić information content (AvgIpc) is 2.50. The molecule has 0 saturated heterocycles. The zero-order chi connectivity index (χ0) is 15.2. The van der Waals surface area contributed by atoms with Crippen molar-refractivity contribution in [3.8, 4) is 11.8 Å². The van der Waals surface area contributed by atoms with Crippen LogP contribution in [0.2, 0.25) is 0 Å². The van der Waals surface area contributed by atoms with E-state index in [1.807, 2.05) is 25.1 Å². The Morgan fingerprint density at radius 1 is 1.33 bits per heavy atom. The first-order chi connectivity index (χ1) is 10.1. The highest BCUT2D eigenvalue weighted by Gasteiger charge is 2.20. The van der Waals surface area contributed by atoms with Crippen LogP contribution in [0.4, 0.5) is 0 Å². The summed E-state index contributed by atoms with van der Waals surface area (Å²) in [7, 11) is 1.63. The fraction of sp³-hybridized carbons (Fsp3) is 0.529. The summed E-state index contributed by atoms with van der Waals surface area (Å²) < 4.78 is 10.6. The average molecular weight is 287 g/mol. The number of ether oxygens (including phenoxy) is 2. The number of esters is 1. The van der Waals surface area contributed by atoms with Gasteiger partial charge in [-0.25, -0.2) is 0 Å². The van der Waals surface area contributed by atoms with Gasteiger partial charge in [-0.2, -0.15) is 5.26 Å². The number of hydrogen-bond donors (Lipinski definition) is 0. The van der Waals surface area contributed by atoms with E-state index in [9.17, 15) is 10.1 Å². The van der Waals surface area contributed by atoms with Crippen molar-refractivity contribution in [2.75, 3.05) is 7.11 Å². The molecular formula is C17H21NO3. The molecule has 4 nitrogen and oxygen atoms in total. The summed E-state index contributed by atoms with van der Waals surface area (Å²) in [6.07, 6.45) is 3.18. The van der Waals surface area contributed by atoms with E-state index in [4.69, 9.17) is 9.47 Å². The Labute approximate surface area is 125 Å². The number of fused-ring (bicyclic) bond motifs is 1. The number of methoxy groups -OCH3 is 1. The van der Waals surface area contributed by atoms with Crippen LogP contribution in [0.1, 0.15) is 49.7 Å². The minimum absolute atomic E-state index is 0.138. The molecule has 0 spiro atoms. The van der Waals surface area contributed by atoms with Gasteiger partial charge in [-0.15, -0.1) is 0 Å². The predicted molar refractivity (Wildman–Crippen MR) is 79.1 cm³/mol. The van der Waals surface area contributed by atoms with E-state index < -0.39 is 0 Å². The third kappa shape index (κ3) is 3.98. The summed E-state index contributed by atoms with van der Waals surface area (Å²) in [6, 6.07) is 8.25. The Morgan fingerprint density at radius 2 is 2.14 bits per heavy atom. The van der Waals surface area contributed by atoms with Gasteiger partial charge in [-0.05, 0) is 55.9 Å². The standard InChI is InChI=1S/C17H21NO3/c1-12-6-7-14(11-18)16-10-15(20-2)9-8-13(16)4-3-5-17(19)21-12/h8-10,12,14H,3-7H2,1-2H3. The van der Waals surface area contributed by atoms with Gasteiger partial charge in [-0.1, -0.05) is 6.07 Å². The van der Waals surface area contributed by atoms with Crippen LogP contribution in [0.5, 0.6) is 5.75 Å². The number of rotatable bonds is 1. The van der Waals surface area contributed by atoms with Crippen LogP contribution in [-0.4, -0.2) is 19.2 Å². The smallest absolute Gasteiger partial charge is 0.306 e. The minimum Gasteiger partial charge on any atom is -0.497 e. The fourth-order valence-corrected chi connectivity index (χ4v) is 2.71. The van der Waals surface area contributed by atoms with Crippen molar-refractivity contribution in [2.45, 2.75) is 51.0 Å². The van der Waals surface area contributed by atoms with Crippen LogP contribution in [0.15, 0.2) is 18.2 Å². The van der Waals surface area contributed by atoms with E-state index in [1.54, 1.807) is 7.11 Å². The molecule has 21 heavy (non-hydrogen) atoms. The monoisotopic (exact) mass is 287 g/mol. The Morgan fingerprint density at radius 3 is 2.86 bits per heavy atom. The van der Waals surface area contributed by atoms with Crippen LogP contribution in [0.25, 0.3) is 0 Å². The van der Waals surface area contributed by atoms with E-state index in [0.717, 1.165) is 29.7 Å². The second kappa shape index (κ2) is 7.12. The van der Waals surface area contributed by atoms with E-state index in [-0.39, 0.29) is 18.0 Å². The molecule has 112 valence electrons. The minimum atomic E-state index is -0.186. The molecule has 0 amide bonds. The summed E-state index contributed by atoms with van der Waals surface area (Å²) in [4.78, 5) is 11.7. The lowest BCUT2D eigenvalue weighted by molar-refractivity contribution is -0.148. The number of nitriles is 1. The summed E-state index contributed by atoms with van der Waals surface area (Å²) in [5, 5.41) is 9.49. The molecule has 0 N–H and O–H groups in total. The Balaban J connectivity index is 2.33. The number of carbonyl (C=O) groups excluding carboxylic acids is 1. The number of hydrogen-bond acceptors (Lipinski definition) is 4. The highest BCUT2D eigenvalue weighted by atomic mass is 16.5. The van der Waals surface area contributed by atoms with Gasteiger partial charge in [0.05, 0.1) is 25.2 Å². The van der Waals surface area contributed by atoms with Gasteiger partial charge < -0.3 is 9.47 Å². The normalized spacial score (nSPS) is 23.2. The molecule has 2 rings (SSSR count). The molecule has 0 aliphatic carbocycles. The van der Waals surface area contributed by atoms with Crippen molar-refractivity contribution in [3.05, 3.63) is 29.3 Å². The first kappa shape index (κ1) is 15.4. The number of aryl methyl sites for hydroxylation is 1. The summed E-state index contributed by atoms with van der Waals surface area (Å²) in [6.45, 7) is 1.89. The van der Waals surface area contributed by atoms with Crippen molar-refractivity contribution in [1.29, 1.82) is 5.26 Å². The zero-order valence-electron chi connectivity index (χ0n) is 12.6. The van der Waals surface area contributed by atoms with E-state index in [2.05, 4.69) is 6.07 Å². The maximum atomic E-state index is 11.7. The van der Waals surface area contributed by atoms with Gasteiger partial charge in [-0.3, -0.25) is 4.79 Å². The van der Waals surface area contributed by atoms with Crippen molar-refractivity contribution >= 4 is 5.97 Å². The highest BCUT2D eigenvalue weighted by molar-refractivity contribution is 5.69. The molecule has 0 fully saturated rings. The molecule has 2 unspecified atom stereocenters. The highest BCUT2D eigenvalue weighted by Crippen LogP contribution is 2.30. The molecule has 0 radical (unpaired) electrons. The first-order valence-electron chi connectivity index (χ1n) is 7.40. The topological polar surface area (TPSA) is 59.3 Å². The molecule has 1 aliphatic rings. The van der Waals surface area contributed by atoms with Crippen molar-refractivity contribution < 1.29 is 14.3 Å². The van der Waals surface area contributed by atoms with Gasteiger partial charge in [0.25, 0.3) is 0 Å². The number of carbonyl (C=O) groups is 1. The van der Waals surface area contributed by atoms with Crippen LogP contribution in [-0.2, 0) is 16.0 Å². The van der Waals surface area contributed by atoms with Crippen LogP contribution >= 0.6 is 0 Å².